The molecule has 3 aromatic rings. The predicted molar refractivity (Wildman–Crippen MR) is 125 cm³/mol. The van der Waals surface area contributed by atoms with Crippen LogP contribution in [-0.4, -0.2) is 52.0 Å². The molecule has 4 rings (SSSR count). The van der Waals surface area contributed by atoms with E-state index in [1.807, 2.05) is 30.4 Å². The van der Waals surface area contributed by atoms with E-state index in [-0.39, 0.29) is 11.9 Å². The molecule has 0 spiro atoms. The van der Waals surface area contributed by atoms with E-state index in [1.165, 1.54) is 11.3 Å². The fraction of sp³-hybridized carbons (Fsp3) is 0.211. The highest BCUT2D eigenvalue weighted by atomic mass is 127. The van der Waals surface area contributed by atoms with Crippen LogP contribution in [0.15, 0.2) is 46.5 Å². The zero-order valence-corrected chi connectivity index (χ0v) is 17.8. The van der Waals surface area contributed by atoms with Crippen LogP contribution in [0.25, 0.3) is 21.0 Å². The van der Waals surface area contributed by atoms with Crippen LogP contribution in [0, 0.1) is 0 Å². The van der Waals surface area contributed by atoms with Gasteiger partial charge in [0, 0.05) is 40.6 Å². The van der Waals surface area contributed by atoms with Gasteiger partial charge in [-0.15, -0.1) is 11.3 Å². The van der Waals surface area contributed by atoms with Gasteiger partial charge in [0.25, 0.3) is 5.91 Å². The smallest absolute Gasteiger partial charge is 0.261 e. The molecule has 28 heavy (non-hydrogen) atoms. The van der Waals surface area contributed by atoms with Gasteiger partial charge in [0.2, 0.25) is 5.95 Å². The lowest BCUT2D eigenvalue weighted by molar-refractivity contribution is 0.0964. The second-order valence-corrected chi connectivity index (χ2v) is 7.81. The third-order valence-corrected chi connectivity index (χ3v) is 5.68. The molecule has 2 N–H and O–H groups in total. The van der Waals surface area contributed by atoms with Gasteiger partial charge >= 0.3 is 0 Å². The first-order valence-electron chi connectivity index (χ1n) is 8.70. The number of hydrogen-bond acceptors (Lipinski definition) is 7. The fourth-order valence-corrected chi connectivity index (χ4v) is 4.11. The summed E-state index contributed by atoms with van der Waals surface area (Å²) in [6.07, 6.45) is 9.27. The van der Waals surface area contributed by atoms with E-state index in [2.05, 4.69) is 53.2 Å². The predicted octanol–water partition coefficient (Wildman–Crippen LogP) is 3.46. The Kier molecular flexibility index (Phi) is 5.91. The third kappa shape index (κ3) is 4.20. The Morgan fingerprint density at radius 1 is 1.39 bits per heavy atom. The van der Waals surface area contributed by atoms with Gasteiger partial charge in [-0.2, -0.15) is 0 Å². The van der Waals surface area contributed by atoms with Crippen molar-refractivity contribution in [2.45, 2.75) is 6.04 Å². The van der Waals surface area contributed by atoms with E-state index in [9.17, 15) is 4.79 Å². The molecular weight excluding hydrogens is 487 g/mol. The molecule has 9 heteroatoms. The van der Waals surface area contributed by atoms with Gasteiger partial charge in [0.1, 0.15) is 0 Å². The van der Waals surface area contributed by atoms with E-state index >= 15 is 0 Å². The zero-order valence-electron chi connectivity index (χ0n) is 14.8. The van der Waals surface area contributed by atoms with Crippen LogP contribution in [0.4, 0.5) is 5.95 Å². The molecule has 1 atom stereocenters. The maximum absolute atomic E-state index is 12.4. The Morgan fingerprint density at radius 3 is 3.14 bits per heavy atom. The molecule has 7 nitrogen and oxygen atoms in total. The highest BCUT2D eigenvalue weighted by molar-refractivity contribution is 14.1. The van der Waals surface area contributed by atoms with Crippen LogP contribution in [-0.2, 0) is 0 Å². The monoisotopic (exact) mass is 504 g/mol. The number of thiophene rings is 1. The number of benzene rings is 1. The second kappa shape index (κ2) is 8.74. The molecule has 0 fully saturated rings. The van der Waals surface area contributed by atoms with Gasteiger partial charge < -0.3 is 10.6 Å². The SMILES string of the molecule is O=C(NCC=NCI)c1cc2c(ccc3cnc(NCC4C=CC=N4)nc32)s1. The number of fused-ring (bicyclic) bond motifs is 3. The summed E-state index contributed by atoms with van der Waals surface area (Å²) in [5, 5.41) is 7.99. The van der Waals surface area contributed by atoms with E-state index in [4.69, 9.17) is 0 Å². The Hall–Kier alpha value is -2.40. The molecule has 0 saturated heterocycles. The maximum Gasteiger partial charge on any atom is 0.261 e. The molecule has 1 unspecified atom stereocenters. The highest BCUT2D eigenvalue weighted by Gasteiger charge is 2.13. The third-order valence-electron chi connectivity index (χ3n) is 4.19. The number of carbonyl (C=O) groups is 1. The average Bonchev–Trinajstić information content (AvgIpc) is 3.39. The van der Waals surface area contributed by atoms with E-state index in [0.29, 0.717) is 28.5 Å². The molecule has 1 amide bonds. The molecule has 0 saturated carbocycles. The van der Waals surface area contributed by atoms with Crippen molar-refractivity contribution in [1.29, 1.82) is 0 Å². The number of alkyl halides is 1. The maximum atomic E-state index is 12.4. The average molecular weight is 504 g/mol. The van der Waals surface area contributed by atoms with Crippen molar-refractivity contribution >= 4 is 79.2 Å². The normalized spacial score (nSPS) is 15.8. The summed E-state index contributed by atoms with van der Waals surface area (Å²) < 4.78 is 1.70. The van der Waals surface area contributed by atoms with Crippen molar-refractivity contribution in [2.24, 2.45) is 9.98 Å². The molecule has 0 radical (unpaired) electrons. The summed E-state index contributed by atoms with van der Waals surface area (Å²) >= 11 is 3.61. The largest absolute Gasteiger partial charge is 0.352 e. The van der Waals surface area contributed by atoms with Crippen LogP contribution >= 0.6 is 33.9 Å². The lowest BCUT2D eigenvalue weighted by atomic mass is 10.2. The van der Waals surface area contributed by atoms with E-state index in [0.717, 1.165) is 21.0 Å². The summed E-state index contributed by atoms with van der Waals surface area (Å²) in [5.74, 6) is 0.454. The van der Waals surface area contributed by atoms with Crippen LogP contribution in [0.2, 0.25) is 0 Å². The molecular formula is C19H17IN6OS. The van der Waals surface area contributed by atoms with Crippen molar-refractivity contribution in [1.82, 2.24) is 15.3 Å². The van der Waals surface area contributed by atoms with E-state index in [1.54, 1.807) is 18.6 Å². The number of carbonyl (C=O) groups excluding carboxylic acids is 1. The Morgan fingerprint density at radius 2 is 2.32 bits per heavy atom. The summed E-state index contributed by atoms with van der Waals surface area (Å²) in [7, 11) is 0. The number of rotatable bonds is 7. The summed E-state index contributed by atoms with van der Waals surface area (Å²) in [6, 6.07) is 6.00. The summed E-state index contributed by atoms with van der Waals surface area (Å²) in [5.41, 5.74) is 0.835. The molecule has 0 bridgehead atoms. The number of hydrogen-bond donors (Lipinski definition) is 2. The van der Waals surface area contributed by atoms with Gasteiger partial charge in [0.05, 0.1) is 27.5 Å². The van der Waals surface area contributed by atoms with Crippen molar-refractivity contribution in [3.05, 3.63) is 41.4 Å². The van der Waals surface area contributed by atoms with Crippen molar-refractivity contribution in [3.63, 3.8) is 0 Å². The lowest BCUT2D eigenvalue weighted by Crippen LogP contribution is -2.24. The quantitative estimate of drug-likeness (QED) is 0.223. The van der Waals surface area contributed by atoms with Crippen molar-refractivity contribution < 1.29 is 4.79 Å². The number of halogens is 1. The Balaban J connectivity index is 1.58. The minimum absolute atomic E-state index is 0.104. The standard InChI is InChI=1S/C19H17IN6OS/c20-11-21-6-7-23-18(27)16-8-14-15(28-16)4-3-12-9-24-19(26-17(12)14)25-10-13-2-1-5-22-13/h1-6,8-9,13H,7,10-11H2,(H,23,27)(H,24,25,26). The summed E-state index contributed by atoms with van der Waals surface area (Å²) in [6.45, 7) is 1.07. The second-order valence-electron chi connectivity index (χ2n) is 6.05. The van der Waals surface area contributed by atoms with E-state index < -0.39 is 0 Å². The first kappa shape index (κ1) is 18.9. The molecule has 1 aliphatic rings. The number of nitrogens with one attached hydrogen (secondary N) is 2. The highest BCUT2D eigenvalue weighted by Crippen LogP contribution is 2.31. The van der Waals surface area contributed by atoms with Crippen molar-refractivity contribution in [3.8, 4) is 0 Å². The number of amides is 1. The molecule has 0 aliphatic carbocycles. The molecule has 3 heterocycles. The molecule has 1 aromatic carbocycles. The number of aromatic nitrogens is 2. The van der Waals surface area contributed by atoms with Crippen LogP contribution < -0.4 is 10.6 Å². The van der Waals surface area contributed by atoms with Gasteiger partial charge in [-0.05, 0) is 24.3 Å². The van der Waals surface area contributed by atoms with Gasteiger partial charge in [-0.25, -0.2) is 9.97 Å². The summed E-state index contributed by atoms with van der Waals surface area (Å²) in [4.78, 5) is 30.5. The van der Waals surface area contributed by atoms with Crippen LogP contribution in [0.5, 0.6) is 0 Å². The molecule has 1 aliphatic heterocycles. The van der Waals surface area contributed by atoms with Gasteiger partial charge in [-0.3, -0.25) is 14.8 Å². The molecule has 142 valence electrons. The molecule has 2 aromatic heterocycles. The van der Waals surface area contributed by atoms with Gasteiger partial charge in [-0.1, -0.05) is 28.7 Å². The minimum atomic E-state index is -0.104. The van der Waals surface area contributed by atoms with Crippen LogP contribution in [0.1, 0.15) is 9.67 Å². The Bertz CT molecular complexity index is 1090. The first-order valence-corrected chi connectivity index (χ1v) is 11.0. The number of nitrogens with zero attached hydrogens (tertiary/aromatic N) is 4. The van der Waals surface area contributed by atoms with Crippen molar-refractivity contribution in [2.75, 3.05) is 23.0 Å². The van der Waals surface area contributed by atoms with Crippen LogP contribution in [0.3, 0.4) is 0 Å². The van der Waals surface area contributed by atoms with Gasteiger partial charge in [0.15, 0.2) is 0 Å². The number of allylic oxidation sites excluding steroid dienone is 1. The fourth-order valence-electron chi connectivity index (χ4n) is 2.85. The number of aliphatic imine (C=N–C) groups is 2. The lowest BCUT2D eigenvalue weighted by Gasteiger charge is -2.08. The number of anilines is 1. The Labute approximate surface area is 179 Å². The first-order chi connectivity index (χ1) is 13.7. The topological polar surface area (TPSA) is 91.6 Å². The zero-order chi connectivity index (χ0) is 19.3. The minimum Gasteiger partial charge on any atom is -0.352 e.